The molecule has 2 fully saturated rings. The van der Waals surface area contributed by atoms with E-state index in [2.05, 4.69) is 45.9 Å². The number of amides is 1. The van der Waals surface area contributed by atoms with Gasteiger partial charge in [-0.25, -0.2) is 9.59 Å². The van der Waals surface area contributed by atoms with Crippen LogP contribution in [0, 0.1) is 17.8 Å². The second-order valence-electron chi connectivity index (χ2n) is 10.7. The Labute approximate surface area is 218 Å². The smallest absolute Gasteiger partial charge is 0.333 e. The van der Waals surface area contributed by atoms with E-state index in [4.69, 9.17) is 0 Å². The summed E-state index contributed by atoms with van der Waals surface area (Å²) in [6.45, 7) is 7.06. The number of hydrogen-bond donors (Lipinski definition) is 4. The van der Waals surface area contributed by atoms with Crippen LogP contribution in [0.4, 0.5) is 0 Å². The molecule has 200 valence electrons. The van der Waals surface area contributed by atoms with Gasteiger partial charge in [-0.2, -0.15) is 0 Å². The van der Waals surface area contributed by atoms with Gasteiger partial charge in [0.15, 0.2) is 0 Å². The van der Waals surface area contributed by atoms with E-state index in [9.17, 15) is 24.6 Å². The molecule has 0 bridgehead atoms. The van der Waals surface area contributed by atoms with Crippen LogP contribution in [0.25, 0.3) is 0 Å². The highest BCUT2D eigenvalue weighted by atomic mass is 16.4. The third kappa shape index (κ3) is 6.24. The molecule has 1 saturated heterocycles. The van der Waals surface area contributed by atoms with Gasteiger partial charge in [-0.3, -0.25) is 4.79 Å². The van der Waals surface area contributed by atoms with Crippen molar-refractivity contribution in [3.8, 4) is 0 Å². The van der Waals surface area contributed by atoms with E-state index in [0.717, 1.165) is 38.9 Å². The summed E-state index contributed by atoms with van der Waals surface area (Å²) in [7, 11) is 0. The third-order valence-electron chi connectivity index (χ3n) is 8.39. The predicted molar refractivity (Wildman–Crippen MR) is 141 cm³/mol. The van der Waals surface area contributed by atoms with Gasteiger partial charge in [0.1, 0.15) is 0 Å². The summed E-state index contributed by atoms with van der Waals surface area (Å²) < 4.78 is 0. The average molecular weight is 510 g/mol. The summed E-state index contributed by atoms with van der Waals surface area (Å²) in [4.78, 5) is 39.4. The number of carboxylic acid groups (broad SMARTS) is 2. The first-order valence-electron chi connectivity index (χ1n) is 13.5. The molecule has 2 heterocycles. The van der Waals surface area contributed by atoms with Crippen LogP contribution in [-0.4, -0.2) is 59.1 Å². The number of carbonyl (C=O) groups excluding carboxylic acids is 1. The molecule has 8 heteroatoms. The molecule has 4 N–H and O–H groups in total. The van der Waals surface area contributed by atoms with Crippen molar-refractivity contribution in [3.63, 3.8) is 0 Å². The Morgan fingerprint density at radius 2 is 1.57 bits per heavy atom. The molecule has 0 radical (unpaired) electrons. The highest BCUT2D eigenvalue weighted by Gasteiger charge is 2.44. The molecule has 3 aliphatic rings. The molecule has 4 rings (SSSR count). The topological polar surface area (TPSA) is 119 Å². The van der Waals surface area contributed by atoms with Crippen LogP contribution in [0.15, 0.2) is 52.9 Å². The maximum atomic E-state index is 12.9. The summed E-state index contributed by atoms with van der Waals surface area (Å²) in [5, 5.41) is 25.6. The van der Waals surface area contributed by atoms with E-state index in [1.54, 1.807) is 13.8 Å². The standard InChI is InChI=1S/C29H39N3O5/c1-18-24(28(34)35)26(25(29(36)37)19(2)31-18)22-9-10-23(17-22)27(33)30-13-6-14-32-15-11-21(12-16-32)20-7-4-3-5-8-20/h3-5,7-8,21-23,26,31H,6,9-17H2,1-2H3,(H,30,33)(H,34,35)(H,36,37)/t22-,23+/m1/s1. The predicted octanol–water partition coefficient (Wildman–Crippen LogP) is 3.73. The molecule has 1 aromatic rings. The second-order valence-corrected chi connectivity index (χ2v) is 10.7. The highest BCUT2D eigenvalue weighted by molar-refractivity contribution is 5.96. The van der Waals surface area contributed by atoms with Crippen molar-refractivity contribution in [2.75, 3.05) is 26.2 Å². The summed E-state index contributed by atoms with van der Waals surface area (Å²) in [6, 6.07) is 10.7. The molecule has 2 atom stereocenters. The van der Waals surface area contributed by atoms with Gasteiger partial charge in [-0.1, -0.05) is 30.3 Å². The number of carbonyl (C=O) groups is 3. The van der Waals surface area contributed by atoms with Gasteiger partial charge >= 0.3 is 11.9 Å². The maximum Gasteiger partial charge on any atom is 0.333 e. The van der Waals surface area contributed by atoms with Crippen LogP contribution in [0.2, 0.25) is 0 Å². The Balaban J connectivity index is 1.24. The van der Waals surface area contributed by atoms with Gasteiger partial charge in [-0.15, -0.1) is 0 Å². The van der Waals surface area contributed by atoms with Crippen molar-refractivity contribution >= 4 is 17.8 Å². The van der Waals surface area contributed by atoms with Gasteiger partial charge < -0.3 is 25.7 Å². The maximum absolute atomic E-state index is 12.9. The van der Waals surface area contributed by atoms with Crippen LogP contribution in [0.1, 0.15) is 63.9 Å². The van der Waals surface area contributed by atoms with Crippen LogP contribution in [0.5, 0.6) is 0 Å². The van der Waals surface area contributed by atoms with E-state index in [1.165, 1.54) is 5.56 Å². The van der Waals surface area contributed by atoms with Crippen LogP contribution in [0.3, 0.4) is 0 Å². The van der Waals surface area contributed by atoms with Crippen molar-refractivity contribution in [1.82, 2.24) is 15.5 Å². The Bertz CT molecular complexity index is 1040. The molecule has 1 saturated carbocycles. The fourth-order valence-electron chi connectivity index (χ4n) is 6.52. The lowest BCUT2D eigenvalue weighted by Gasteiger charge is -2.32. The van der Waals surface area contributed by atoms with Gasteiger partial charge in [-0.05, 0) is 89.4 Å². The first-order chi connectivity index (χ1) is 17.8. The lowest BCUT2D eigenvalue weighted by atomic mass is 9.75. The number of hydrogen-bond acceptors (Lipinski definition) is 5. The minimum absolute atomic E-state index is 0.00521. The van der Waals surface area contributed by atoms with Crippen molar-refractivity contribution in [2.24, 2.45) is 17.8 Å². The number of nitrogens with one attached hydrogen (secondary N) is 2. The molecule has 8 nitrogen and oxygen atoms in total. The van der Waals surface area contributed by atoms with Crippen LogP contribution >= 0.6 is 0 Å². The molecule has 0 unspecified atom stereocenters. The van der Waals surface area contributed by atoms with Crippen LogP contribution < -0.4 is 10.6 Å². The number of rotatable bonds is 9. The second kappa shape index (κ2) is 11.9. The van der Waals surface area contributed by atoms with Crippen LogP contribution in [-0.2, 0) is 14.4 Å². The summed E-state index contributed by atoms with van der Waals surface area (Å²) in [5.41, 5.74) is 2.58. The van der Waals surface area contributed by atoms with E-state index in [1.807, 2.05) is 0 Å². The number of benzene rings is 1. The zero-order valence-electron chi connectivity index (χ0n) is 21.8. The minimum atomic E-state index is -1.11. The molecule has 1 amide bonds. The van der Waals surface area contributed by atoms with E-state index < -0.39 is 17.9 Å². The summed E-state index contributed by atoms with van der Waals surface area (Å²) in [6.07, 6.45) is 4.99. The molecule has 2 aliphatic heterocycles. The van der Waals surface area contributed by atoms with E-state index in [0.29, 0.717) is 43.1 Å². The van der Waals surface area contributed by atoms with E-state index in [-0.39, 0.29) is 28.9 Å². The molecule has 1 aromatic carbocycles. The molecule has 37 heavy (non-hydrogen) atoms. The lowest BCUT2D eigenvalue weighted by Crippen LogP contribution is -2.37. The summed E-state index contributed by atoms with van der Waals surface area (Å²) in [5.74, 6) is -2.71. The normalized spacial score (nSPS) is 23.7. The SMILES string of the molecule is CC1=C(C(=O)O)C([C@@H]2CC[C@H](C(=O)NCCCN3CCC(c4ccccc4)CC3)C2)C(C(=O)O)=C(C)N1. The fourth-order valence-corrected chi connectivity index (χ4v) is 6.52. The number of piperidine rings is 1. The zero-order valence-corrected chi connectivity index (χ0v) is 21.8. The van der Waals surface area contributed by atoms with Gasteiger partial charge in [0, 0.05) is 29.8 Å². The number of likely N-dealkylation sites (tertiary alicyclic amines) is 1. The first-order valence-corrected chi connectivity index (χ1v) is 13.5. The number of nitrogens with zero attached hydrogens (tertiary/aromatic N) is 1. The third-order valence-corrected chi connectivity index (χ3v) is 8.39. The largest absolute Gasteiger partial charge is 0.478 e. The van der Waals surface area contributed by atoms with Gasteiger partial charge in [0.25, 0.3) is 0 Å². The van der Waals surface area contributed by atoms with Crippen molar-refractivity contribution in [3.05, 3.63) is 58.4 Å². The van der Waals surface area contributed by atoms with Crippen molar-refractivity contribution < 1.29 is 24.6 Å². The Morgan fingerprint density at radius 1 is 0.946 bits per heavy atom. The van der Waals surface area contributed by atoms with Gasteiger partial charge in [0.2, 0.25) is 5.91 Å². The van der Waals surface area contributed by atoms with Crippen molar-refractivity contribution in [2.45, 2.75) is 58.3 Å². The minimum Gasteiger partial charge on any atom is -0.478 e. The Hall–Kier alpha value is -3.13. The monoisotopic (exact) mass is 509 g/mol. The number of aliphatic carboxylic acids is 2. The molecule has 1 aliphatic carbocycles. The number of carboxylic acids is 2. The number of allylic oxidation sites excluding steroid dienone is 2. The molecular formula is C29H39N3O5. The number of dihydropyridines is 1. The van der Waals surface area contributed by atoms with Gasteiger partial charge in [0.05, 0.1) is 11.1 Å². The average Bonchev–Trinajstić information content (AvgIpc) is 3.37. The van der Waals surface area contributed by atoms with Crippen molar-refractivity contribution in [1.29, 1.82) is 0 Å². The quantitative estimate of drug-likeness (QED) is 0.375. The molecule has 0 aromatic heterocycles. The summed E-state index contributed by atoms with van der Waals surface area (Å²) >= 11 is 0. The highest BCUT2D eigenvalue weighted by Crippen LogP contribution is 2.45. The Kier molecular flexibility index (Phi) is 8.69. The Morgan fingerprint density at radius 3 is 2.16 bits per heavy atom. The van der Waals surface area contributed by atoms with E-state index >= 15 is 0 Å². The lowest BCUT2D eigenvalue weighted by molar-refractivity contribution is -0.134. The zero-order chi connectivity index (χ0) is 26.5. The first kappa shape index (κ1) is 26.9. The molecule has 0 spiro atoms. The fraction of sp³-hybridized carbons (Fsp3) is 0.552. The molecular weight excluding hydrogens is 470 g/mol.